The van der Waals surface area contributed by atoms with E-state index in [-0.39, 0.29) is 6.10 Å². The molecule has 2 aliphatic carbocycles. The molecule has 1 aromatic rings. The number of nitrogens with zero attached hydrogens (tertiary/aromatic N) is 2. The van der Waals surface area contributed by atoms with Crippen molar-refractivity contribution in [2.45, 2.75) is 51.3 Å². The Morgan fingerprint density at radius 2 is 2.17 bits per heavy atom. The summed E-state index contributed by atoms with van der Waals surface area (Å²) in [4.78, 5) is 9.12. The van der Waals surface area contributed by atoms with Crippen molar-refractivity contribution in [3.63, 3.8) is 0 Å². The van der Waals surface area contributed by atoms with Crippen LogP contribution in [0.4, 0.5) is 0 Å². The number of hydrogen-bond acceptors (Lipinski definition) is 4. The van der Waals surface area contributed by atoms with Crippen molar-refractivity contribution >= 4 is 0 Å². The zero-order valence-corrected chi connectivity index (χ0v) is 11.1. The first-order valence-corrected chi connectivity index (χ1v) is 6.86. The van der Waals surface area contributed by atoms with Crippen molar-refractivity contribution in [3.8, 4) is 0 Å². The van der Waals surface area contributed by atoms with E-state index in [9.17, 15) is 0 Å². The summed E-state index contributed by atoms with van der Waals surface area (Å²) in [6, 6.07) is 0.724. The molecule has 1 unspecified atom stereocenters. The van der Waals surface area contributed by atoms with E-state index in [2.05, 4.69) is 22.2 Å². The van der Waals surface area contributed by atoms with Crippen molar-refractivity contribution in [1.29, 1.82) is 0 Å². The summed E-state index contributed by atoms with van der Waals surface area (Å²) in [5.41, 5.74) is 2.28. The predicted molar refractivity (Wildman–Crippen MR) is 69.1 cm³/mol. The summed E-state index contributed by atoms with van der Waals surface area (Å²) < 4.78 is 5.52. The van der Waals surface area contributed by atoms with Gasteiger partial charge in [-0.15, -0.1) is 0 Å². The van der Waals surface area contributed by atoms with Crippen molar-refractivity contribution < 1.29 is 4.74 Å². The van der Waals surface area contributed by atoms with Gasteiger partial charge >= 0.3 is 0 Å². The van der Waals surface area contributed by atoms with Crippen LogP contribution in [-0.2, 0) is 11.3 Å². The summed E-state index contributed by atoms with van der Waals surface area (Å²) in [7, 11) is 1.75. The van der Waals surface area contributed by atoms with Gasteiger partial charge in [0.05, 0.1) is 0 Å². The summed E-state index contributed by atoms with van der Waals surface area (Å²) >= 11 is 0. The van der Waals surface area contributed by atoms with E-state index in [4.69, 9.17) is 4.74 Å². The first-order valence-electron chi connectivity index (χ1n) is 6.86. The largest absolute Gasteiger partial charge is 0.373 e. The Kier molecular flexibility index (Phi) is 3.31. The average molecular weight is 247 g/mol. The second-order valence-corrected chi connectivity index (χ2v) is 5.49. The second-order valence-electron chi connectivity index (χ2n) is 5.49. The van der Waals surface area contributed by atoms with E-state index in [0.717, 1.165) is 24.1 Å². The highest BCUT2D eigenvalue weighted by molar-refractivity contribution is 5.17. The van der Waals surface area contributed by atoms with Gasteiger partial charge in [-0.3, -0.25) is 0 Å². The van der Waals surface area contributed by atoms with Crippen LogP contribution in [-0.4, -0.2) is 23.1 Å². The quantitative estimate of drug-likeness (QED) is 0.836. The van der Waals surface area contributed by atoms with Gasteiger partial charge in [0.25, 0.3) is 0 Å². The number of aryl methyl sites for hydroxylation is 1. The molecule has 0 bridgehead atoms. The standard InChI is InChI=1S/C14H21N3O/c1-9-11(7-15-12-5-6-12)8-16-14(17-9)13(18-2)10-3-4-10/h8,10,12-13,15H,3-7H2,1-2H3. The van der Waals surface area contributed by atoms with Gasteiger partial charge in [-0.05, 0) is 38.5 Å². The van der Waals surface area contributed by atoms with Gasteiger partial charge in [0, 0.05) is 37.2 Å². The molecule has 18 heavy (non-hydrogen) atoms. The highest BCUT2D eigenvalue weighted by Gasteiger charge is 2.34. The topological polar surface area (TPSA) is 47.0 Å². The van der Waals surface area contributed by atoms with E-state index < -0.39 is 0 Å². The van der Waals surface area contributed by atoms with Crippen LogP contribution in [0.25, 0.3) is 0 Å². The van der Waals surface area contributed by atoms with E-state index in [0.29, 0.717) is 5.92 Å². The molecule has 2 aliphatic rings. The van der Waals surface area contributed by atoms with Crippen LogP contribution in [0.1, 0.15) is 48.9 Å². The number of nitrogens with one attached hydrogen (secondary N) is 1. The Morgan fingerprint density at radius 3 is 2.72 bits per heavy atom. The van der Waals surface area contributed by atoms with Crippen LogP contribution in [0.15, 0.2) is 6.20 Å². The Balaban J connectivity index is 1.70. The lowest BCUT2D eigenvalue weighted by atomic mass is 10.2. The molecule has 0 aliphatic heterocycles. The van der Waals surface area contributed by atoms with Gasteiger partial charge in [0.1, 0.15) is 6.10 Å². The molecule has 2 saturated carbocycles. The van der Waals surface area contributed by atoms with Gasteiger partial charge in [0.2, 0.25) is 0 Å². The second kappa shape index (κ2) is 4.94. The zero-order valence-electron chi connectivity index (χ0n) is 11.1. The molecule has 4 heteroatoms. The van der Waals surface area contributed by atoms with Crippen LogP contribution >= 0.6 is 0 Å². The van der Waals surface area contributed by atoms with Gasteiger partial charge in [-0.1, -0.05) is 0 Å². The molecule has 4 nitrogen and oxygen atoms in total. The lowest BCUT2D eigenvalue weighted by molar-refractivity contribution is 0.0770. The molecule has 1 N–H and O–H groups in total. The van der Waals surface area contributed by atoms with Gasteiger partial charge < -0.3 is 10.1 Å². The lowest BCUT2D eigenvalue weighted by Gasteiger charge is -2.14. The Labute approximate surface area is 108 Å². The highest BCUT2D eigenvalue weighted by Crippen LogP contribution is 2.41. The van der Waals surface area contributed by atoms with Crippen molar-refractivity contribution in [3.05, 3.63) is 23.3 Å². The highest BCUT2D eigenvalue weighted by atomic mass is 16.5. The van der Waals surface area contributed by atoms with Crippen LogP contribution in [0.3, 0.4) is 0 Å². The smallest absolute Gasteiger partial charge is 0.157 e. The Bertz CT molecular complexity index is 427. The lowest BCUT2D eigenvalue weighted by Crippen LogP contribution is -2.18. The third kappa shape index (κ3) is 2.70. The molecule has 0 saturated heterocycles. The zero-order chi connectivity index (χ0) is 12.5. The van der Waals surface area contributed by atoms with E-state index in [1.54, 1.807) is 7.11 Å². The van der Waals surface area contributed by atoms with Crippen molar-refractivity contribution in [2.75, 3.05) is 7.11 Å². The molecule has 1 aromatic heterocycles. The third-order valence-electron chi connectivity index (χ3n) is 3.82. The molecule has 0 amide bonds. The molecule has 98 valence electrons. The summed E-state index contributed by atoms with van der Waals surface area (Å²) in [6.07, 6.45) is 7.16. The molecule has 1 heterocycles. The van der Waals surface area contributed by atoms with Crippen LogP contribution in [0, 0.1) is 12.8 Å². The minimum Gasteiger partial charge on any atom is -0.373 e. The average Bonchev–Trinajstić information content (AvgIpc) is 3.23. The molecular formula is C14H21N3O. The number of ether oxygens (including phenoxy) is 1. The molecular weight excluding hydrogens is 226 g/mol. The van der Waals surface area contributed by atoms with Crippen molar-refractivity contribution in [2.24, 2.45) is 5.92 Å². The summed E-state index contributed by atoms with van der Waals surface area (Å²) in [5.74, 6) is 1.48. The minimum atomic E-state index is 0.0918. The van der Waals surface area contributed by atoms with Gasteiger partial charge in [0.15, 0.2) is 5.82 Å². The molecule has 2 fully saturated rings. The van der Waals surface area contributed by atoms with E-state index >= 15 is 0 Å². The summed E-state index contributed by atoms with van der Waals surface area (Å²) in [6.45, 7) is 2.95. The fourth-order valence-corrected chi connectivity index (χ4v) is 2.27. The predicted octanol–water partition coefficient (Wildman–Crippen LogP) is 2.13. The van der Waals surface area contributed by atoms with Gasteiger partial charge in [-0.2, -0.15) is 0 Å². The number of rotatable bonds is 6. The minimum absolute atomic E-state index is 0.0918. The Hall–Kier alpha value is -1.00. The molecule has 0 radical (unpaired) electrons. The first kappa shape index (κ1) is 12.1. The fourth-order valence-electron chi connectivity index (χ4n) is 2.27. The number of methoxy groups -OCH3 is 1. The molecule has 3 rings (SSSR count). The number of hydrogen-bond donors (Lipinski definition) is 1. The van der Waals surface area contributed by atoms with E-state index in [1.165, 1.54) is 31.2 Å². The molecule has 0 spiro atoms. The maximum absolute atomic E-state index is 5.52. The molecule has 0 aromatic carbocycles. The number of aromatic nitrogens is 2. The first-order chi connectivity index (χ1) is 8.78. The monoisotopic (exact) mass is 247 g/mol. The van der Waals surface area contributed by atoms with Crippen molar-refractivity contribution in [1.82, 2.24) is 15.3 Å². The Morgan fingerprint density at radius 1 is 1.39 bits per heavy atom. The normalized spacial score (nSPS) is 21.0. The van der Waals surface area contributed by atoms with Crippen LogP contribution < -0.4 is 5.32 Å². The maximum atomic E-state index is 5.52. The SMILES string of the molecule is COC(c1ncc(CNC2CC2)c(C)n1)C1CC1. The summed E-state index contributed by atoms with van der Waals surface area (Å²) in [5, 5.41) is 3.50. The van der Waals surface area contributed by atoms with Crippen LogP contribution in [0.2, 0.25) is 0 Å². The van der Waals surface area contributed by atoms with Gasteiger partial charge in [-0.25, -0.2) is 9.97 Å². The van der Waals surface area contributed by atoms with E-state index in [1.807, 2.05) is 6.20 Å². The maximum Gasteiger partial charge on any atom is 0.157 e. The molecule has 1 atom stereocenters. The fraction of sp³-hybridized carbons (Fsp3) is 0.714. The third-order valence-corrected chi connectivity index (χ3v) is 3.82. The van der Waals surface area contributed by atoms with Crippen LogP contribution in [0.5, 0.6) is 0 Å².